The third-order valence-corrected chi connectivity index (χ3v) is 1.85. The predicted octanol–water partition coefficient (Wildman–Crippen LogP) is 2.20. The molecule has 0 fully saturated rings. The lowest BCUT2D eigenvalue weighted by molar-refractivity contribution is 1.18. The number of rotatable bonds is 1. The fourth-order valence-electron chi connectivity index (χ4n) is 1.05. The van der Waals surface area contributed by atoms with Crippen LogP contribution in [0.25, 0.3) is 11.3 Å². The minimum absolute atomic E-state index is 0.634. The van der Waals surface area contributed by atoms with Crippen LogP contribution in [0.1, 0.15) is 0 Å². The van der Waals surface area contributed by atoms with Crippen molar-refractivity contribution in [2.75, 3.05) is 0 Å². The Morgan fingerprint density at radius 3 is 2.54 bits per heavy atom. The van der Waals surface area contributed by atoms with Crippen LogP contribution < -0.4 is 0 Å². The highest BCUT2D eigenvalue weighted by Gasteiger charge is 1.95. The van der Waals surface area contributed by atoms with Crippen molar-refractivity contribution in [3.63, 3.8) is 0 Å². The van der Waals surface area contributed by atoms with Gasteiger partial charge in [-0.25, -0.2) is 0 Å². The second-order valence-corrected chi connectivity index (χ2v) is 2.99. The average Bonchev–Trinajstić information content (AvgIpc) is 2.19. The largest absolute Gasteiger partial charge is 0.344 e. The summed E-state index contributed by atoms with van der Waals surface area (Å²) in [6, 6.07) is 3.81. The Hall–Kier alpha value is -1.55. The summed E-state index contributed by atoms with van der Waals surface area (Å²) in [5, 5.41) is 0. The number of aromatic nitrogens is 3. The maximum absolute atomic E-state index is 4.97. The van der Waals surface area contributed by atoms with Gasteiger partial charge in [-0.2, -0.15) is 0 Å². The number of H-pyrrole nitrogens is 1. The monoisotopic (exact) mass is 189 g/mol. The molecule has 2 aromatic heterocycles. The molecular weight excluding hydrogens is 182 g/mol. The summed E-state index contributed by atoms with van der Waals surface area (Å²) in [5.41, 5.74) is 1.95. The standard InChI is InChI=1S/C9H7N3S/c13-9-6-11-5-8(12-9)7-1-3-10-4-2-7/h1-6H,(H,12,13). The molecule has 4 heteroatoms. The third-order valence-electron chi connectivity index (χ3n) is 1.64. The molecule has 0 bridgehead atoms. The Bertz CT molecular complexity index is 450. The SMILES string of the molecule is S=c1cncc(-c2ccncc2)[nH]1. The van der Waals surface area contributed by atoms with Crippen LogP contribution in [-0.4, -0.2) is 15.0 Å². The Balaban J connectivity index is 2.54. The van der Waals surface area contributed by atoms with Crippen molar-refractivity contribution in [1.82, 2.24) is 15.0 Å². The minimum Gasteiger partial charge on any atom is -0.344 e. The zero-order valence-electron chi connectivity index (χ0n) is 6.77. The van der Waals surface area contributed by atoms with Crippen molar-refractivity contribution < 1.29 is 0 Å². The zero-order valence-corrected chi connectivity index (χ0v) is 7.58. The summed E-state index contributed by atoms with van der Waals surface area (Å²) in [5.74, 6) is 0. The number of hydrogen-bond acceptors (Lipinski definition) is 3. The van der Waals surface area contributed by atoms with Gasteiger partial charge >= 0.3 is 0 Å². The maximum Gasteiger partial charge on any atom is 0.122 e. The van der Waals surface area contributed by atoms with E-state index in [-0.39, 0.29) is 0 Å². The molecule has 3 nitrogen and oxygen atoms in total. The molecule has 0 saturated heterocycles. The van der Waals surface area contributed by atoms with Crippen molar-refractivity contribution >= 4 is 12.2 Å². The molecule has 0 unspecified atom stereocenters. The average molecular weight is 189 g/mol. The molecule has 2 rings (SSSR count). The van der Waals surface area contributed by atoms with Gasteiger partial charge in [-0.05, 0) is 12.1 Å². The number of nitrogens with one attached hydrogen (secondary N) is 1. The van der Waals surface area contributed by atoms with E-state index in [4.69, 9.17) is 12.2 Å². The first-order valence-electron chi connectivity index (χ1n) is 3.81. The third kappa shape index (κ3) is 1.78. The first-order valence-corrected chi connectivity index (χ1v) is 4.22. The molecule has 0 atom stereocenters. The van der Waals surface area contributed by atoms with Gasteiger partial charge < -0.3 is 4.98 Å². The van der Waals surface area contributed by atoms with Gasteiger partial charge in [-0.15, -0.1) is 0 Å². The number of pyridine rings is 1. The van der Waals surface area contributed by atoms with Crippen molar-refractivity contribution in [3.8, 4) is 11.3 Å². The van der Waals surface area contributed by atoms with Crippen LogP contribution in [0.15, 0.2) is 36.9 Å². The summed E-state index contributed by atoms with van der Waals surface area (Å²) < 4.78 is 0.634. The fourth-order valence-corrected chi connectivity index (χ4v) is 1.23. The molecule has 2 aromatic rings. The van der Waals surface area contributed by atoms with E-state index >= 15 is 0 Å². The minimum atomic E-state index is 0.634. The Kier molecular flexibility index (Phi) is 2.14. The van der Waals surface area contributed by atoms with Gasteiger partial charge in [-0.3, -0.25) is 9.97 Å². The van der Waals surface area contributed by atoms with Gasteiger partial charge in [-0.1, -0.05) is 12.2 Å². The molecule has 0 amide bonds. The van der Waals surface area contributed by atoms with Gasteiger partial charge in [0.05, 0.1) is 18.1 Å². The second kappa shape index (κ2) is 3.45. The molecule has 0 radical (unpaired) electrons. The van der Waals surface area contributed by atoms with Crippen LogP contribution in [0.2, 0.25) is 0 Å². The van der Waals surface area contributed by atoms with Crippen LogP contribution >= 0.6 is 12.2 Å². The highest BCUT2D eigenvalue weighted by Crippen LogP contribution is 2.12. The van der Waals surface area contributed by atoms with Crippen molar-refractivity contribution in [2.24, 2.45) is 0 Å². The van der Waals surface area contributed by atoms with E-state index in [1.165, 1.54) is 0 Å². The summed E-state index contributed by atoms with van der Waals surface area (Å²) in [7, 11) is 0. The lowest BCUT2D eigenvalue weighted by Gasteiger charge is -1.98. The maximum atomic E-state index is 4.97. The molecular formula is C9H7N3S. The first-order chi connectivity index (χ1) is 6.36. The summed E-state index contributed by atoms with van der Waals surface area (Å²) in [4.78, 5) is 11.0. The van der Waals surface area contributed by atoms with E-state index in [0.29, 0.717) is 4.64 Å². The molecule has 0 aromatic carbocycles. The Labute approximate surface area is 80.5 Å². The van der Waals surface area contributed by atoms with Crippen LogP contribution in [0.4, 0.5) is 0 Å². The van der Waals surface area contributed by atoms with Gasteiger partial charge in [0.2, 0.25) is 0 Å². The number of nitrogens with zero attached hydrogens (tertiary/aromatic N) is 2. The van der Waals surface area contributed by atoms with Crippen molar-refractivity contribution in [3.05, 3.63) is 41.6 Å². The quantitative estimate of drug-likeness (QED) is 0.699. The lowest BCUT2D eigenvalue weighted by atomic mass is 10.2. The highest BCUT2D eigenvalue weighted by molar-refractivity contribution is 7.71. The molecule has 2 heterocycles. The normalized spacial score (nSPS) is 9.85. The summed E-state index contributed by atoms with van der Waals surface area (Å²) >= 11 is 4.97. The number of hydrogen-bond donors (Lipinski definition) is 1. The zero-order chi connectivity index (χ0) is 9.10. The smallest absolute Gasteiger partial charge is 0.122 e. The topological polar surface area (TPSA) is 41.6 Å². The highest BCUT2D eigenvalue weighted by atomic mass is 32.1. The number of aromatic amines is 1. The van der Waals surface area contributed by atoms with E-state index in [1.54, 1.807) is 24.8 Å². The van der Waals surface area contributed by atoms with Gasteiger partial charge in [0, 0.05) is 18.0 Å². The van der Waals surface area contributed by atoms with Crippen LogP contribution in [0.5, 0.6) is 0 Å². The van der Waals surface area contributed by atoms with Crippen molar-refractivity contribution in [2.45, 2.75) is 0 Å². The van der Waals surface area contributed by atoms with E-state index in [2.05, 4.69) is 15.0 Å². The Morgan fingerprint density at radius 2 is 1.85 bits per heavy atom. The molecule has 0 aliphatic carbocycles. The predicted molar refractivity (Wildman–Crippen MR) is 52.7 cm³/mol. The second-order valence-electron chi connectivity index (χ2n) is 2.55. The molecule has 1 N–H and O–H groups in total. The van der Waals surface area contributed by atoms with E-state index < -0.39 is 0 Å². The summed E-state index contributed by atoms with van der Waals surface area (Å²) in [6.45, 7) is 0. The summed E-state index contributed by atoms with van der Waals surface area (Å²) in [6.07, 6.45) is 6.82. The molecule has 13 heavy (non-hydrogen) atoms. The molecule has 0 aliphatic heterocycles. The first kappa shape index (κ1) is 8.07. The van der Waals surface area contributed by atoms with Crippen molar-refractivity contribution in [1.29, 1.82) is 0 Å². The molecule has 0 spiro atoms. The fraction of sp³-hybridized carbons (Fsp3) is 0. The van der Waals surface area contributed by atoms with Gasteiger partial charge in [0.15, 0.2) is 0 Å². The van der Waals surface area contributed by atoms with Crippen LogP contribution in [0.3, 0.4) is 0 Å². The molecule has 0 saturated carbocycles. The van der Waals surface area contributed by atoms with E-state index in [1.807, 2.05) is 12.1 Å². The molecule has 0 aliphatic rings. The van der Waals surface area contributed by atoms with Crippen LogP contribution in [-0.2, 0) is 0 Å². The Morgan fingerprint density at radius 1 is 1.08 bits per heavy atom. The van der Waals surface area contributed by atoms with Gasteiger partial charge in [0.1, 0.15) is 4.64 Å². The molecule has 64 valence electrons. The lowest BCUT2D eigenvalue weighted by Crippen LogP contribution is -1.85. The van der Waals surface area contributed by atoms with E-state index in [9.17, 15) is 0 Å². The van der Waals surface area contributed by atoms with E-state index in [0.717, 1.165) is 11.3 Å². The van der Waals surface area contributed by atoms with Crippen LogP contribution in [0, 0.1) is 4.64 Å². The van der Waals surface area contributed by atoms with Gasteiger partial charge in [0.25, 0.3) is 0 Å².